The number of nitrogens with one attached hydrogen (secondary N) is 1. The van der Waals surface area contributed by atoms with Crippen molar-refractivity contribution in [3.8, 4) is 11.4 Å². The molecular formula is C12H11N3O4. The third-order valence-corrected chi connectivity index (χ3v) is 2.42. The van der Waals surface area contributed by atoms with Crippen LogP contribution in [0.2, 0.25) is 0 Å². The molecule has 98 valence electrons. The summed E-state index contributed by atoms with van der Waals surface area (Å²) in [5, 5.41) is 10.7. The van der Waals surface area contributed by atoms with Gasteiger partial charge in [0.2, 0.25) is 0 Å². The van der Waals surface area contributed by atoms with E-state index in [1.165, 1.54) is 31.4 Å². The number of hydrogen-bond acceptors (Lipinski definition) is 5. The van der Waals surface area contributed by atoms with Gasteiger partial charge in [0.15, 0.2) is 0 Å². The Morgan fingerprint density at radius 2 is 2.21 bits per heavy atom. The molecule has 1 heterocycles. The predicted molar refractivity (Wildman–Crippen MR) is 67.7 cm³/mol. The molecule has 2 rings (SSSR count). The second-order valence-electron chi connectivity index (χ2n) is 3.83. The summed E-state index contributed by atoms with van der Waals surface area (Å²) in [4.78, 5) is 28.4. The number of nitro groups is 1. The van der Waals surface area contributed by atoms with E-state index < -0.39 is 4.92 Å². The number of ether oxygens (including phenoxy) is 1. The van der Waals surface area contributed by atoms with E-state index in [1.54, 1.807) is 6.07 Å². The van der Waals surface area contributed by atoms with Crippen molar-refractivity contribution in [1.82, 2.24) is 9.97 Å². The van der Waals surface area contributed by atoms with Crippen LogP contribution in [0.1, 0.15) is 5.69 Å². The highest BCUT2D eigenvalue weighted by Gasteiger charge is 2.09. The molecular weight excluding hydrogens is 250 g/mol. The van der Waals surface area contributed by atoms with Gasteiger partial charge in [0.05, 0.1) is 17.2 Å². The smallest absolute Gasteiger partial charge is 0.270 e. The van der Waals surface area contributed by atoms with E-state index in [2.05, 4.69) is 9.97 Å². The zero-order chi connectivity index (χ0) is 13.8. The van der Waals surface area contributed by atoms with Gasteiger partial charge >= 0.3 is 0 Å². The monoisotopic (exact) mass is 261 g/mol. The second-order valence-corrected chi connectivity index (χ2v) is 3.83. The summed E-state index contributed by atoms with van der Waals surface area (Å²) in [6.45, 7) is 0.200. The van der Waals surface area contributed by atoms with Crippen molar-refractivity contribution in [3.05, 3.63) is 56.5 Å². The van der Waals surface area contributed by atoms with Gasteiger partial charge in [-0.1, -0.05) is 12.1 Å². The van der Waals surface area contributed by atoms with Gasteiger partial charge in [0.1, 0.15) is 5.82 Å². The SMILES string of the molecule is COCc1cc(=O)[nH]c(-c2cccc([N+](=O)[O-])c2)n1. The molecule has 19 heavy (non-hydrogen) atoms. The van der Waals surface area contributed by atoms with Crippen LogP contribution in [-0.2, 0) is 11.3 Å². The van der Waals surface area contributed by atoms with Gasteiger partial charge in [-0.2, -0.15) is 0 Å². The van der Waals surface area contributed by atoms with Crippen molar-refractivity contribution in [2.24, 2.45) is 0 Å². The van der Waals surface area contributed by atoms with Crippen LogP contribution in [0.5, 0.6) is 0 Å². The largest absolute Gasteiger partial charge is 0.378 e. The van der Waals surface area contributed by atoms with Crippen molar-refractivity contribution in [1.29, 1.82) is 0 Å². The average Bonchev–Trinajstić information content (AvgIpc) is 2.38. The number of methoxy groups -OCH3 is 1. The Morgan fingerprint density at radius 3 is 2.89 bits per heavy atom. The zero-order valence-electron chi connectivity index (χ0n) is 10.1. The highest BCUT2D eigenvalue weighted by Crippen LogP contribution is 2.20. The Labute approximate surface area is 108 Å². The summed E-state index contributed by atoms with van der Waals surface area (Å²) < 4.78 is 4.91. The van der Waals surface area contributed by atoms with E-state index in [0.29, 0.717) is 11.3 Å². The number of nitro benzene ring substituents is 1. The lowest BCUT2D eigenvalue weighted by atomic mass is 10.2. The molecule has 0 fully saturated rings. The van der Waals surface area contributed by atoms with Gasteiger partial charge < -0.3 is 9.72 Å². The second kappa shape index (κ2) is 5.40. The van der Waals surface area contributed by atoms with Gasteiger partial charge in [-0.05, 0) is 0 Å². The lowest BCUT2D eigenvalue weighted by Gasteiger charge is -2.03. The molecule has 0 saturated carbocycles. The first-order valence-electron chi connectivity index (χ1n) is 5.44. The number of benzene rings is 1. The van der Waals surface area contributed by atoms with Gasteiger partial charge in [-0.25, -0.2) is 4.98 Å². The van der Waals surface area contributed by atoms with Crippen molar-refractivity contribution < 1.29 is 9.66 Å². The number of hydrogen-bond donors (Lipinski definition) is 1. The van der Waals surface area contributed by atoms with E-state index in [9.17, 15) is 14.9 Å². The fourth-order valence-corrected chi connectivity index (χ4v) is 1.63. The third kappa shape index (κ3) is 3.02. The summed E-state index contributed by atoms with van der Waals surface area (Å²) in [5.74, 6) is 0.281. The molecule has 0 atom stereocenters. The van der Waals surface area contributed by atoms with Crippen LogP contribution in [0.15, 0.2) is 35.1 Å². The highest BCUT2D eigenvalue weighted by atomic mass is 16.6. The summed E-state index contributed by atoms with van der Waals surface area (Å²) in [6.07, 6.45) is 0. The Morgan fingerprint density at radius 1 is 1.42 bits per heavy atom. The van der Waals surface area contributed by atoms with E-state index >= 15 is 0 Å². The van der Waals surface area contributed by atoms with Crippen LogP contribution >= 0.6 is 0 Å². The first-order chi connectivity index (χ1) is 9.10. The lowest BCUT2D eigenvalue weighted by molar-refractivity contribution is -0.384. The fourth-order valence-electron chi connectivity index (χ4n) is 1.63. The van der Waals surface area contributed by atoms with Crippen molar-refractivity contribution in [2.45, 2.75) is 6.61 Å². The van der Waals surface area contributed by atoms with Crippen LogP contribution in [0, 0.1) is 10.1 Å². The molecule has 2 aromatic rings. The molecule has 7 heteroatoms. The van der Waals surface area contributed by atoms with Crippen LogP contribution in [0.4, 0.5) is 5.69 Å². The van der Waals surface area contributed by atoms with Gasteiger partial charge in [0, 0.05) is 30.9 Å². The lowest BCUT2D eigenvalue weighted by Crippen LogP contribution is -2.10. The molecule has 0 radical (unpaired) electrons. The number of H-pyrrole nitrogens is 1. The molecule has 0 bridgehead atoms. The van der Waals surface area contributed by atoms with Crippen LogP contribution in [0.25, 0.3) is 11.4 Å². The number of nitrogens with zero attached hydrogens (tertiary/aromatic N) is 2. The molecule has 1 N–H and O–H groups in total. The normalized spacial score (nSPS) is 10.4. The number of aromatic nitrogens is 2. The highest BCUT2D eigenvalue weighted by molar-refractivity contribution is 5.58. The number of rotatable bonds is 4. The van der Waals surface area contributed by atoms with Crippen molar-refractivity contribution >= 4 is 5.69 Å². The molecule has 0 saturated heterocycles. The van der Waals surface area contributed by atoms with Crippen molar-refractivity contribution in [2.75, 3.05) is 7.11 Å². The standard InChI is InChI=1S/C12H11N3O4/c1-19-7-9-6-11(16)14-12(13-9)8-3-2-4-10(5-8)15(17)18/h2-6H,7H2,1H3,(H,13,14,16). The molecule has 0 spiro atoms. The van der Waals surface area contributed by atoms with E-state index in [4.69, 9.17) is 4.74 Å². The van der Waals surface area contributed by atoms with Crippen LogP contribution in [-0.4, -0.2) is 22.0 Å². The molecule has 1 aromatic heterocycles. The minimum atomic E-state index is -0.499. The van der Waals surface area contributed by atoms with Crippen LogP contribution in [0.3, 0.4) is 0 Å². The predicted octanol–water partition coefficient (Wildman–Crippen LogP) is 1.49. The number of aromatic amines is 1. The molecule has 0 unspecified atom stereocenters. The molecule has 1 aromatic carbocycles. The minimum absolute atomic E-state index is 0.0581. The molecule has 0 aliphatic carbocycles. The zero-order valence-corrected chi connectivity index (χ0v) is 10.1. The summed E-state index contributed by atoms with van der Waals surface area (Å²) in [7, 11) is 1.50. The fraction of sp³-hybridized carbons (Fsp3) is 0.167. The summed E-state index contributed by atoms with van der Waals surface area (Å²) in [6, 6.07) is 7.23. The molecule has 0 aliphatic heterocycles. The Kier molecular flexibility index (Phi) is 3.67. The quantitative estimate of drug-likeness (QED) is 0.664. The molecule has 7 nitrogen and oxygen atoms in total. The summed E-state index contributed by atoms with van der Waals surface area (Å²) >= 11 is 0. The van der Waals surface area contributed by atoms with Gasteiger partial charge in [-0.3, -0.25) is 14.9 Å². The maximum Gasteiger partial charge on any atom is 0.270 e. The Bertz CT molecular complexity index is 666. The van der Waals surface area contributed by atoms with Gasteiger partial charge in [-0.15, -0.1) is 0 Å². The third-order valence-electron chi connectivity index (χ3n) is 2.42. The Balaban J connectivity index is 2.49. The average molecular weight is 261 g/mol. The molecule has 0 aliphatic rings. The Hall–Kier alpha value is -2.54. The number of non-ortho nitro benzene ring substituents is 1. The van der Waals surface area contributed by atoms with E-state index in [1.807, 2.05) is 0 Å². The first kappa shape index (κ1) is 12.9. The maximum atomic E-state index is 11.5. The minimum Gasteiger partial charge on any atom is -0.378 e. The summed E-state index contributed by atoms with van der Waals surface area (Å²) in [5.41, 5.74) is 0.554. The topological polar surface area (TPSA) is 98.1 Å². The molecule has 0 amide bonds. The van der Waals surface area contributed by atoms with E-state index in [-0.39, 0.29) is 23.7 Å². The van der Waals surface area contributed by atoms with Crippen LogP contribution < -0.4 is 5.56 Å². The van der Waals surface area contributed by atoms with Gasteiger partial charge in [0.25, 0.3) is 11.2 Å². The first-order valence-corrected chi connectivity index (χ1v) is 5.44. The van der Waals surface area contributed by atoms with E-state index in [0.717, 1.165) is 0 Å². The van der Waals surface area contributed by atoms with Crippen molar-refractivity contribution in [3.63, 3.8) is 0 Å². The maximum absolute atomic E-state index is 11.5.